The highest BCUT2D eigenvalue weighted by Crippen LogP contribution is 2.54. The number of nitrogens with zero attached hydrogens (tertiary/aromatic N) is 1. The van der Waals surface area contributed by atoms with E-state index in [-0.39, 0.29) is 0 Å². The Kier molecular flexibility index (Phi) is 3.49. The van der Waals surface area contributed by atoms with Gasteiger partial charge in [0, 0.05) is 27.7 Å². The Morgan fingerprint density at radius 2 is 1.36 bits per heavy atom. The highest BCUT2D eigenvalue weighted by Gasteiger charge is 2.40. The summed E-state index contributed by atoms with van der Waals surface area (Å²) in [5, 5.41) is 0. The summed E-state index contributed by atoms with van der Waals surface area (Å²) < 4.78 is 0. The van der Waals surface area contributed by atoms with Crippen LogP contribution in [0.2, 0.25) is 12.1 Å². The fourth-order valence-corrected chi connectivity index (χ4v) is 5.40. The van der Waals surface area contributed by atoms with Gasteiger partial charge in [0.25, 0.3) is 0 Å². The monoisotopic (exact) mass is 303 g/mol. The summed E-state index contributed by atoms with van der Waals surface area (Å²) in [5.41, 5.74) is 7.80. The van der Waals surface area contributed by atoms with Gasteiger partial charge in [-0.15, -0.1) is 0 Å². The summed E-state index contributed by atoms with van der Waals surface area (Å²) in [5.74, 6) is 1.32. The molecule has 0 spiro atoms. The molecule has 2 atom stereocenters. The summed E-state index contributed by atoms with van der Waals surface area (Å²) in [6.07, 6.45) is 2.67. The molecule has 110 valence electrons. The van der Waals surface area contributed by atoms with E-state index in [2.05, 4.69) is 60.1 Å². The fourth-order valence-electron chi connectivity index (χ4n) is 4.42. The van der Waals surface area contributed by atoms with Gasteiger partial charge in [0.2, 0.25) is 0 Å². The molecule has 2 unspecified atom stereocenters. The summed E-state index contributed by atoms with van der Waals surface area (Å²) >= 11 is 0. The van der Waals surface area contributed by atoms with Crippen molar-refractivity contribution in [3.63, 3.8) is 0 Å². The van der Waals surface area contributed by atoms with Gasteiger partial charge in [0.1, 0.15) is 0 Å². The molecule has 2 aliphatic carbocycles. The molecule has 0 amide bonds. The van der Waals surface area contributed by atoms with Crippen LogP contribution in [0.3, 0.4) is 0 Å². The average Bonchev–Trinajstić information content (AvgIpc) is 2.96. The van der Waals surface area contributed by atoms with Crippen LogP contribution in [0.5, 0.6) is 0 Å². The number of benzene rings is 2. The molecular formula is C20H21NSi. The third-order valence-electron chi connectivity index (χ3n) is 5.43. The van der Waals surface area contributed by atoms with Crippen LogP contribution in [0.15, 0.2) is 53.5 Å². The zero-order valence-electron chi connectivity index (χ0n) is 13.2. The van der Waals surface area contributed by atoms with Crippen molar-refractivity contribution in [1.29, 1.82) is 0 Å². The van der Waals surface area contributed by atoms with Crippen molar-refractivity contribution in [3.05, 3.63) is 70.8 Å². The maximum Gasteiger partial charge on any atom is 0.0721 e. The second-order valence-electron chi connectivity index (χ2n) is 6.42. The van der Waals surface area contributed by atoms with Gasteiger partial charge in [0.05, 0.1) is 5.71 Å². The standard InChI is InChI=1S/C20H21NSi/c1-21-20-16-9-5-3-7-14(16)18-11-13(22-2)12-19(18)15-8-4-6-10-17(15)20/h3-10,13,18-19H,11-12H2,1-2H3. The maximum atomic E-state index is 4.68. The molecule has 0 bridgehead atoms. The molecule has 2 heteroatoms. The average molecular weight is 303 g/mol. The summed E-state index contributed by atoms with van der Waals surface area (Å²) in [6, 6.07) is 17.9. The molecule has 2 aliphatic rings. The molecule has 0 aliphatic heterocycles. The van der Waals surface area contributed by atoms with Crippen LogP contribution < -0.4 is 0 Å². The smallest absolute Gasteiger partial charge is 0.0721 e. The van der Waals surface area contributed by atoms with Crippen molar-refractivity contribution in [2.45, 2.75) is 36.8 Å². The van der Waals surface area contributed by atoms with Crippen molar-refractivity contribution >= 4 is 15.2 Å². The van der Waals surface area contributed by atoms with E-state index in [4.69, 9.17) is 0 Å². The third-order valence-corrected chi connectivity index (χ3v) is 6.71. The van der Waals surface area contributed by atoms with Crippen molar-refractivity contribution in [1.82, 2.24) is 0 Å². The van der Waals surface area contributed by atoms with Crippen LogP contribution in [0.1, 0.15) is 46.9 Å². The molecule has 2 aromatic rings. The van der Waals surface area contributed by atoms with E-state index in [9.17, 15) is 0 Å². The number of rotatable bonds is 1. The highest BCUT2D eigenvalue weighted by molar-refractivity contribution is 6.35. The van der Waals surface area contributed by atoms with Crippen molar-refractivity contribution in [2.75, 3.05) is 7.05 Å². The van der Waals surface area contributed by atoms with E-state index >= 15 is 0 Å². The number of hydrogen-bond acceptors (Lipinski definition) is 1. The first kappa shape index (κ1) is 14.0. The van der Waals surface area contributed by atoms with Gasteiger partial charge in [-0.3, -0.25) is 4.99 Å². The number of hydrogen-bond donors (Lipinski definition) is 0. The number of fused-ring (bicyclic) bond motifs is 5. The molecule has 1 fully saturated rings. The quantitative estimate of drug-likeness (QED) is 0.679. The van der Waals surface area contributed by atoms with Crippen LogP contribution in [-0.4, -0.2) is 22.3 Å². The van der Waals surface area contributed by atoms with E-state index in [1.54, 1.807) is 0 Å². The molecule has 2 radical (unpaired) electrons. The zero-order chi connectivity index (χ0) is 15.1. The Morgan fingerprint density at radius 3 is 1.82 bits per heavy atom. The van der Waals surface area contributed by atoms with E-state index < -0.39 is 0 Å². The predicted octanol–water partition coefficient (Wildman–Crippen LogP) is 4.67. The van der Waals surface area contributed by atoms with E-state index in [0.29, 0.717) is 11.8 Å². The van der Waals surface area contributed by atoms with Gasteiger partial charge in [-0.2, -0.15) is 0 Å². The molecule has 0 aromatic heterocycles. The molecule has 1 saturated carbocycles. The molecule has 4 rings (SSSR count). The first-order valence-electron chi connectivity index (χ1n) is 8.16. The van der Waals surface area contributed by atoms with Gasteiger partial charge < -0.3 is 0 Å². The van der Waals surface area contributed by atoms with Crippen LogP contribution in [-0.2, 0) is 0 Å². The predicted molar refractivity (Wildman–Crippen MR) is 94.5 cm³/mol. The van der Waals surface area contributed by atoms with Gasteiger partial charge in [-0.1, -0.05) is 55.1 Å². The summed E-state index contributed by atoms with van der Waals surface area (Å²) in [4.78, 5) is 4.68. The Bertz CT molecular complexity index is 676. The first-order valence-corrected chi connectivity index (χ1v) is 9.74. The van der Waals surface area contributed by atoms with Gasteiger partial charge in [0.15, 0.2) is 0 Å². The third kappa shape index (κ3) is 2.01. The molecule has 0 saturated heterocycles. The lowest BCUT2D eigenvalue weighted by atomic mass is 9.84. The molecule has 2 aromatic carbocycles. The maximum absolute atomic E-state index is 4.68. The number of aliphatic imine (C=N–C) groups is 1. The highest BCUT2D eigenvalue weighted by atomic mass is 28.2. The lowest BCUT2D eigenvalue weighted by molar-refractivity contribution is 0.626. The Labute approximate surface area is 135 Å². The second-order valence-corrected chi connectivity index (χ2v) is 7.81. The van der Waals surface area contributed by atoms with Crippen molar-refractivity contribution < 1.29 is 0 Å². The second kappa shape index (κ2) is 5.51. The topological polar surface area (TPSA) is 12.4 Å². The molecule has 1 nitrogen and oxygen atoms in total. The van der Waals surface area contributed by atoms with E-state index in [1.165, 1.54) is 40.8 Å². The van der Waals surface area contributed by atoms with E-state index in [1.807, 2.05) is 7.05 Å². The molecule has 22 heavy (non-hydrogen) atoms. The first-order chi connectivity index (χ1) is 10.8. The minimum absolute atomic E-state index is 0.661. The largest absolute Gasteiger partial charge is 0.287 e. The zero-order valence-corrected chi connectivity index (χ0v) is 14.2. The molecule has 0 heterocycles. The van der Waals surface area contributed by atoms with Crippen molar-refractivity contribution in [2.24, 2.45) is 4.99 Å². The summed E-state index contributed by atoms with van der Waals surface area (Å²) in [6.45, 7) is 2.37. The lowest BCUT2D eigenvalue weighted by Crippen LogP contribution is -2.07. The SMILES string of the molecule is CN=C1c2ccccc2C2CC([Si]C)CC2c2ccccc21. The van der Waals surface area contributed by atoms with Gasteiger partial charge >= 0.3 is 0 Å². The molecule has 0 N–H and O–H groups in total. The van der Waals surface area contributed by atoms with Crippen LogP contribution in [0, 0.1) is 0 Å². The minimum atomic E-state index is 0.661. The Balaban J connectivity index is 1.98. The lowest BCUT2D eigenvalue weighted by Gasteiger charge is -2.19. The normalized spacial score (nSPS) is 25.9. The van der Waals surface area contributed by atoms with Crippen LogP contribution in [0.25, 0.3) is 0 Å². The van der Waals surface area contributed by atoms with Crippen LogP contribution >= 0.6 is 0 Å². The van der Waals surface area contributed by atoms with Gasteiger partial charge in [-0.05, 0) is 41.3 Å². The Morgan fingerprint density at radius 1 is 0.864 bits per heavy atom. The van der Waals surface area contributed by atoms with Crippen LogP contribution in [0.4, 0.5) is 0 Å². The minimum Gasteiger partial charge on any atom is -0.287 e. The Hall–Kier alpha value is -1.67. The fraction of sp³-hybridized carbons (Fsp3) is 0.350. The molecular weight excluding hydrogens is 282 g/mol. The van der Waals surface area contributed by atoms with E-state index in [0.717, 1.165) is 15.1 Å². The summed E-state index contributed by atoms with van der Waals surface area (Å²) in [7, 11) is 2.98. The van der Waals surface area contributed by atoms with Crippen molar-refractivity contribution in [3.8, 4) is 0 Å². The van der Waals surface area contributed by atoms with Gasteiger partial charge in [-0.25, -0.2) is 0 Å².